The van der Waals surface area contributed by atoms with Crippen molar-refractivity contribution < 1.29 is 63.1 Å². The van der Waals surface area contributed by atoms with E-state index in [4.69, 9.17) is 23.6 Å². The van der Waals surface area contributed by atoms with E-state index in [1.165, 1.54) is 83.5 Å². The first-order valence-electron chi connectivity index (χ1n) is 26.4. The van der Waals surface area contributed by atoms with Crippen LogP contribution in [0.25, 0.3) is 0 Å². The van der Waals surface area contributed by atoms with Crippen LogP contribution in [0.3, 0.4) is 0 Å². The summed E-state index contributed by atoms with van der Waals surface area (Å²) >= 11 is 0. The zero-order chi connectivity index (χ0) is 49.5. The number of hydrogen-bond donors (Lipinski definition) is 6. The molecule has 0 aromatic heterocycles. The Labute approximate surface area is 406 Å². The van der Waals surface area contributed by atoms with Crippen LogP contribution in [0.15, 0.2) is 48.6 Å². The van der Waals surface area contributed by atoms with Crippen molar-refractivity contribution >= 4 is 19.8 Å². The summed E-state index contributed by atoms with van der Waals surface area (Å²) in [6.45, 7) is 1.50. The fourth-order valence-corrected chi connectivity index (χ4v) is 7.93. The van der Waals surface area contributed by atoms with Gasteiger partial charge in [-0.25, -0.2) is 4.57 Å². The molecule has 6 N–H and O–H groups in total. The number of unbranched alkanes of at least 4 members (excludes halogenated alkanes) is 24. The Morgan fingerprint density at radius 1 is 0.448 bits per heavy atom. The number of phosphoric acid groups is 1. The molecule has 0 spiro atoms. The van der Waals surface area contributed by atoms with Gasteiger partial charge in [0.1, 0.15) is 31.0 Å². The molecule has 0 bridgehead atoms. The minimum atomic E-state index is -4.91. The molecule has 0 aliphatic carbocycles. The summed E-state index contributed by atoms with van der Waals surface area (Å²) in [5.74, 6) is -1.07. The second-order valence-electron chi connectivity index (χ2n) is 17.9. The molecular weight excluding hydrogens is 876 g/mol. The highest BCUT2D eigenvalue weighted by atomic mass is 31.2. The summed E-state index contributed by atoms with van der Waals surface area (Å²) in [5.41, 5.74) is 0. The molecule has 0 aromatic carbocycles. The first-order valence-corrected chi connectivity index (χ1v) is 27.9. The van der Waals surface area contributed by atoms with E-state index < -0.39 is 76.7 Å². The monoisotopic (exact) mass is 973 g/mol. The van der Waals surface area contributed by atoms with Crippen LogP contribution in [0, 0.1) is 0 Å². The number of ether oxygens (including phenoxy) is 2. The van der Waals surface area contributed by atoms with Gasteiger partial charge in [0, 0.05) is 12.8 Å². The van der Waals surface area contributed by atoms with Crippen molar-refractivity contribution in [3.05, 3.63) is 48.6 Å². The van der Waals surface area contributed by atoms with Crippen molar-refractivity contribution in [2.24, 2.45) is 0 Å². The second-order valence-corrected chi connectivity index (χ2v) is 19.4. The Bertz CT molecular complexity index is 1310. The Morgan fingerprint density at radius 3 is 1.18 bits per heavy atom. The zero-order valence-corrected chi connectivity index (χ0v) is 42.8. The number of carbonyl (C=O) groups is 2. The minimum absolute atomic E-state index is 0.106. The molecule has 13 nitrogen and oxygen atoms in total. The number of hydrogen-bond acceptors (Lipinski definition) is 12. The van der Waals surface area contributed by atoms with Crippen LogP contribution in [0.1, 0.15) is 219 Å². The number of aliphatic hydroxyl groups is 5. The van der Waals surface area contributed by atoms with Gasteiger partial charge in [-0.15, -0.1) is 0 Å². The fraction of sp³-hybridized carbons (Fsp3) is 0.811. The smallest absolute Gasteiger partial charge is 0.462 e. The third-order valence-corrected chi connectivity index (χ3v) is 12.4. The molecule has 0 heterocycles. The van der Waals surface area contributed by atoms with Crippen molar-refractivity contribution in [1.29, 1.82) is 0 Å². The topological polar surface area (TPSA) is 210 Å². The first-order chi connectivity index (χ1) is 32.5. The highest BCUT2D eigenvalue weighted by Crippen LogP contribution is 2.43. The fourth-order valence-electron chi connectivity index (χ4n) is 7.16. The molecule has 0 radical (unpaired) electrons. The van der Waals surface area contributed by atoms with Crippen LogP contribution in [0.5, 0.6) is 0 Å². The van der Waals surface area contributed by atoms with Crippen LogP contribution < -0.4 is 0 Å². The van der Waals surface area contributed by atoms with E-state index in [1.807, 2.05) is 0 Å². The summed E-state index contributed by atoms with van der Waals surface area (Å²) in [7, 11) is -4.91. The van der Waals surface area contributed by atoms with Crippen LogP contribution in [0.4, 0.5) is 0 Å². The minimum Gasteiger partial charge on any atom is -0.462 e. The van der Waals surface area contributed by atoms with Gasteiger partial charge < -0.3 is 39.9 Å². The molecule has 14 heteroatoms. The average molecular weight is 973 g/mol. The molecule has 0 saturated carbocycles. The van der Waals surface area contributed by atoms with Gasteiger partial charge in [-0.2, -0.15) is 0 Å². The number of rotatable bonds is 49. The highest BCUT2D eigenvalue weighted by Gasteiger charge is 2.33. The molecule has 0 amide bonds. The van der Waals surface area contributed by atoms with E-state index in [1.54, 1.807) is 0 Å². The predicted molar refractivity (Wildman–Crippen MR) is 269 cm³/mol. The highest BCUT2D eigenvalue weighted by molar-refractivity contribution is 7.47. The third kappa shape index (κ3) is 43.6. The zero-order valence-electron chi connectivity index (χ0n) is 41.9. The lowest BCUT2D eigenvalue weighted by molar-refractivity contribution is -0.161. The van der Waals surface area contributed by atoms with Crippen molar-refractivity contribution in [3.8, 4) is 0 Å². The third-order valence-electron chi connectivity index (χ3n) is 11.5. The second kappa shape index (κ2) is 47.5. The summed E-state index contributed by atoms with van der Waals surface area (Å²) < 4.78 is 33.2. The van der Waals surface area contributed by atoms with E-state index in [2.05, 4.69) is 62.5 Å². The summed E-state index contributed by atoms with van der Waals surface area (Å²) in [5, 5.41) is 48.3. The van der Waals surface area contributed by atoms with Gasteiger partial charge in [0.25, 0.3) is 0 Å². The summed E-state index contributed by atoms with van der Waals surface area (Å²) in [6, 6.07) is 0. The molecule has 6 atom stereocenters. The van der Waals surface area contributed by atoms with Gasteiger partial charge in [-0.1, -0.05) is 140 Å². The first kappa shape index (κ1) is 64.8. The molecule has 0 aliphatic heterocycles. The quantitative estimate of drug-likeness (QED) is 0.0145. The Balaban J connectivity index is 4.56. The van der Waals surface area contributed by atoms with Crippen molar-refractivity contribution in [2.45, 2.75) is 250 Å². The summed E-state index contributed by atoms with van der Waals surface area (Å²) in [6.07, 6.45) is 43.2. The van der Waals surface area contributed by atoms with E-state index in [9.17, 15) is 39.5 Å². The molecule has 0 aromatic rings. The number of phosphoric ester groups is 1. The Morgan fingerprint density at radius 2 is 0.776 bits per heavy atom. The van der Waals surface area contributed by atoms with Crippen molar-refractivity contribution in [3.63, 3.8) is 0 Å². The maximum atomic E-state index is 12.8. The van der Waals surface area contributed by atoms with Crippen LogP contribution in [0.2, 0.25) is 0 Å². The average Bonchev–Trinajstić information content (AvgIpc) is 3.32. The lowest BCUT2D eigenvalue weighted by atomic mass is 10.0. The molecular formula is C53H97O13P. The molecule has 0 fully saturated rings. The largest absolute Gasteiger partial charge is 0.472 e. The standard InChI is InChI=1S/C53H97O13P/c1-3-5-7-9-11-13-15-17-19-21-23-25-27-29-31-33-35-37-39-41-50(57)63-44-47(45-64-67(61,62)65-46-49(56)53(60)52(59)48(55)43-54)66-51(58)42-40-38-36-34-32-30-28-26-24-22-20-18-16-14-12-10-8-6-4-2/h11-14,23-26,47-49,52-56,59-60H,3-10,15-22,27-46H2,1-2H3,(H,61,62)/b13-11?,14-12-,25-23?,26-24-/t47-,48-,49-,52-,53-/m1/s1. The van der Waals surface area contributed by atoms with Gasteiger partial charge >= 0.3 is 19.8 Å². The van der Waals surface area contributed by atoms with Crippen molar-refractivity contribution in [2.75, 3.05) is 26.4 Å². The molecule has 392 valence electrons. The number of carbonyl (C=O) groups excluding carboxylic acids is 2. The van der Waals surface area contributed by atoms with E-state index in [-0.39, 0.29) is 12.8 Å². The molecule has 67 heavy (non-hydrogen) atoms. The normalized spacial score (nSPS) is 15.4. The van der Waals surface area contributed by atoms with Crippen LogP contribution in [-0.2, 0) is 32.7 Å². The number of esters is 2. The number of aliphatic hydroxyl groups excluding tert-OH is 5. The summed E-state index contributed by atoms with van der Waals surface area (Å²) in [4.78, 5) is 35.6. The Kier molecular flexibility index (Phi) is 45.9. The molecule has 0 aliphatic rings. The van der Waals surface area contributed by atoms with Crippen molar-refractivity contribution in [1.82, 2.24) is 0 Å². The van der Waals surface area contributed by atoms with Gasteiger partial charge in [-0.05, 0) is 116 Å². The Hall–Kier alpha value is -2.19. The van der Waals surface area contributed by atoms with Gasteiger partial charge in [-0.3, -0.25) is 18.6 Å². The molecule has 1 unspecified atom stereocenters. The molecule has 0 saturated heterocycles. The van der Waals surface area contributed by atoms with E-state index in [0.717, 1.165) is 96.3 Å². The maximum Gasteiger partial charge on any atom is 0.472 e. The van der Waals surface area contributed by atoms with Crippen LogP contribution in [-0.4, -0.2) is 99.3 Å². The van der Waals surface area contributed by atoms with Gasteiger partial charge in [0.2, 0.25) is 0 Å². The van der Waals surface area contributed by atoms with Crippen LogP contribution >= 0.6 is 7.82 Å². The number of allylic oxidation sites excluding steroid dienone is 8. The van der Waals surface area contributed by atoms with Gasteiger partial charge in [0.15, 0.2) is 6.10 Å². The SMILES string of the molecule is CCCCCC=CCCCCC=CCCCCCCCCC(=O)OC[C@H](COP(=O)(O)OC[C@@H](O)[C@@H](O)[C@H](O)[C@H](O)CO)OC(=O)CCCCCCCC/C=C\CCCC/C=C\CCCCC. The lowest BCUT2D eigenvalue weighted by Crippen LogP contribution is -2.47. The van der Waals surface area contributed by atoms with E-state index in [0.29, 0.717) is 12.8 Å². The lowest BCUT2D eigenvalue weighted by Gasteiger charge is -2.26. The van der Waals surface area contributed by atoms with E-state index >= 15 is 0 Å². The van der Waals surface area contributed by atoms with Gasteiger partial charge in [0.05, 0.1) is 19.8 Å². The maximum absolute atomic E-state index is 12.8. The molecule has 0 rings (SSSR count). The predicted octanol–water partition coefficient (Wildman–Crippen LogP) is 11.8.